The molecule has 1 fully saturated rings. The SMILES string of the molecule is NC(=O)c1ccc(C(=O)N2CCC(c3ccccc3)(c3csc(N)n3)CC2)cc1. The van der Waals surface area contributed by atoms with Gasteiger partial charge in [-0.2, -0.15) is 0 Å². The number of likely N-dealkylation sites (tertiary alicyclic amines) is 1. The number of rotatable bonds is 4. The van der Waals surface area contributed by atoms with Gasteiger partial charge in [-0.1, -0.05) is 30.3 Å². The number of carbonyl (C=O) groups is 2. The third-order valence-corrected chi connectivity index (χ3v) is 6.33. The molecular weight excluding hydrogens is 384 g/mol. The van der Waals surface area contributed by atoms with Crippen LogP contribution in [0.15, 0.2) is 60.0 Å². The fraction of sp³-hybridized carbons (Fsp3) is 0.227. The van der Waals surface area contributed by atoms with E-state index in [4.69, 9.17) is 11.5 Å². The molecule has 2 aromatic carbocycles. The first-order chi connectivity index (χ1) is 14.0. The van der Waals surface area contributed by atoms with E-state index >= 15 is 0 Å². The summed E-state index contributed by atoms with van der Waals surface area (Å²) in [6.07, 6.45) is 1.54. The molecule has 0 radical (unpaired) electrons. The highest BCUT2D eigenvalue weighted by molar-refractivity contribution is 7.13. The van der Waals surface area contributed by atoms with E-state index in [1.165, 1.54) is 16.9 Å². The van der Waals surface area contributed by atoms with Crippen molar-refractivity contribution in [1.82, 2.24) is 9.88 Å². The molecule has 29 heavy (non-hydrogen) atoms. The van der Waals surface area contributed by atoms with Crippen molar-refractivity contribution in [2.45, 2.75) is 18.3 Å². The van der Waals surface area contributed by atoms with Gasteiger partial charge in [-0.3, -0.25) is 9.59 Å². The Bertz CT molecular complexity index is 1020. The van der Waals surface area contributed by atoms with Crippen LogP contribution in [0, 0.1) is 0 Å². The van der Waals surface area contributed by atoms with E-state index in [1.54, 1.807) is 24.3 Å². The minimum absolute atomic E-state index is 0.0412. The van der Waals surface area contributed by atoms with Gasteiger partial charge in [0.15, 0.2) is 5.13 Å². The van der Waals surface area contributed by atoms with Crippen molar-refractivity contribution in [2.75, 3.05) is 18.8 Å². The first-order valence-electron chi connectivity index (χ1n) is 9.46. The van der Waals surface area contributed by atoms with Crippen LogP contribution in [-0.4, -0.2) is 34.8 Å². The molecule has 7 heteroatoms. The van der Waals surface area contributed by atoms with Crippen LogP contribution in [-0.2, 0) is 5.41 Å². The van der Waals surface area contributed by atoms with Crippen LogP contribution in [0.25, 0.3) is 0 Å². The number of aromatic nitrogens is 1. The van der Waals surface area contributed by atoms with Gasteiger partial charge in [-0.15, -0.1) is 11.3 Å². The molecule has 4 N–H and O–H groups in total. The van der Waals surface area contributed by atoms with Gasteiger partial charge in [0.25, 0.3) is 5.91 Å². The molecule has 1 aliphatic heterocycles. The van der Waals surface area contributed by atoms with Crippen molar-refractivity contribution in [3.05, 3.63) is 82.4 Å². The number of nitrogens with two attached hydrogens (primary N) is 2. The van der Waals surface area contributed by atoms with Crippen molar-refractivity contribution in [3.8, 4) is 0 Å². The highest BCUT2D eigenvalue weighted by atomic mass is 32.1. The van der Waals surface area contributed by atoms with Gasteiger partial charge >= 0.3 is 0 Å². The lowest BCUT2D eigenvalue weighted by Crippen LogP contribution is -2.46. The summed E-state index contributed by atoms with van der Waals surface area (Å²) in [6, 6.07) is 16.8. The Hall–Kier alpha value is -3.19. The van der Waals surface area contributed by atoms with Gasteiger partial charge < -0.3 is 16.4 Å². The monoisotopic (exact) mass is 406 g/mol. The molecule has 6 nitrogen and oxygen atoms in total. The minimum atomic E-state index is -0.503. The number of nitrogen functional groups attached to an aromatic ring is 1. The average molecular weight is 407 g/mol. The lowest BCUT2D eigenvalue weighted by molar-refractivity contribution is 0.0683. The van der Waals surface area contributed by atoms with Crippen LogP contribution < -0.4 is 11.5 Å². The normalized spacial score (nSPS) is 15.8. The van der Waals surface area contributed by atoms with Crippen molar-refractivity contribution < 1.29 is 9.59 Å². The molecule has 1 aliphatic rings. The molecule has 0 spiro atoms. The lowest BCUT2D eigenvalue weighted by atomic mass is 9.70. The van der Waals surface area contributed by atoms with Gasteiger partial charge in [0.05, 0.1) is 5.69 Å². The van der Waals surface area contributed by atoms with E-state index in [0.29, 0.717) is 29.3 Å². The molecule has 0 aliphatic carbocycles. The van der Waals surface area contributed by atoms with Crippen LogP contribution >= 0.6 is 11.3 Å². The predicted molar refractivity (Wildman–Crippen MR) is 114 cm³/mol. The number of hydrogen-bond acceptors (Lipinski definition) is 5. The van der Waals surface area contributed by atoms with Gasteiger partial charge in [-0.25, -0.2) is 4.98 Å². The van der Waals surface area contributed by atoms with E-state index in [9.17, 15) is 9.59 Å². The maximum atomic E-state index is 12.9. The summed E-state index contributed by atoms with van der Waals surface area (Å²) < 4.78 is 0. The predicted octanol–water partition coefficient (Wildman–Crippen LogP) is 3.05. The minimum Gasteiger partial charge on any atom is -0.375 e. The summed E-state index contributed by atoms with van der Waals surface area (Å²) in [6.45, 7) is 1.23. The number of piperidine rings is 1. The number of hydrogen-bond donors (Lipinski definition) is 2. The standard InChI is InChI=1S/C22H22N4O2S/c23-19(27)15-6-8-16(9-7-15)20(28)26-12-10-22(11-13-26,17-4-2-1-3-5-17)18-14-29-21(24)25-18/h1-9,14H,10-13H2,(H2,23,27)(H2,24,25). The highest BCUT2D eigenvalue weighted by Gasteiger charge is 2.40. The Labute approximate surface area is 173 Å². The summed E-state index contributed by atoms with van der Waals surface area (Å²) in [5.74, 6) is -0.544. The summed E-state index contributed by atoms with van der Waals surface area (Å²) in [5, 5.41) is 2.59. The molecule has 4 rings (SSSR count). The zero-order valence-corrected chi connectivity index (χ0v) is 16.7. The molecule has 0 unspecified atom stereocenters. The lowest BCUT2D eigenvalue weighted by Gasteiger charge is -2.41. The second-order valence-electron chi connectivity index (χ2n) is 7.25. The Kier molecular flexibility index (Phi) is 5.07. The third-order valence-electron chi connectivity index (χ3n) is 5.66. The van der Waals surface area contributed by atoms with Crippen LogP contribution in [0.1, 0.15) is 44.8 Å². The number of carbonyl (C=O) groups excluding carboxylic acids is 2. The summed E-state index contributed by atoms with van der Waals surface area (Å²) in [7, 11) is 0. The van der Waals surface area contributed by atoms with Crippen LogP contribution in [0.4, 0.5) is 5.13 Å². The Morgan fingerprint density at radius 3 is 2.14 bits per heavy atom. The molecule has 0 saturated carbocycles. The Morgan fingerprint density at radius 1 is 0.966 bits per heavy atom. The molecule has 0 bridgehead atoms. The molecule has 0 atom stereocenters. The van der Waals surface area contributed by atoms with Crippen LogP contribution in [0.3, 0.4) is 0 Å². The number of thiazole rings is 1. The number of primary amides is 1. The van der Waals surface area contributed by atoms with Gasteiger partial charge in [0.2, 0.25) is 5.91 Å². The van der Waals surface area contributed by atoms with E-state index in [1.807, 2.05) is 28.5 Å². The van der Waals surface area contributed by atoms with Crippen molar-refractivity contribution in [1.29, 1.82) is 0 Å². The van der Waals surface area contributed by atoms with E-state index in [0.717, 1.165) is 18.5 Å². The van der Waals surface area contributed by atoms with Crippen molar-refractivity contribution >= 4 is 28.3 Å². The first-order valence-corrected chi connectivity index (χ1v) is 10.3. The molecule has 1 aromatic heterocycles. The third kappa shape index (κ3) is 3.61. The molecule has 3 aromatic rings. The maximum absolute atomic E-state index is 12.9. The number of anilines is 1. The van der Waals surface area contributed by atoms with Crippen molar-refractivity contribution in [3.63, 3.8) is 0 Å². The van der Waals surface area contributed by atoms with Crippen LogP contribution in [0.2, 0.25) is 0 Å². The quantitative estimate of drug-likeness (QED) is 0.695. The average Bonchev–Trinajstić information content (AvgIpc) is 3.21. The number of benzene rings is 2. The maximum Gasteiger partial charge on any atom is 0.253 e. The zero-order valence-electron chi connectivity index (χ0n) is 15.9. The molecule has 2 heterocycles. The van der Waals surface area contributed by atoms with Gasteiger partial charge in [0, 0.05) is 35.0 Å². The molecule has 2 amide bonds. The van der Waals surface area contributed by atoms with Gasteiger partial charge in [0.1, 0.15) is 0 Å². The second-order valence-corrected chi connectivity index (χ2v) is 8.14. The van der Waals surface area contributed by atoms with Crippen LogP contribution in [0.5, 0.6) is 0 Å². The molecule has 148 valence electrons. The smallest absolute Gasteiger partial charge is 0.253 e. The summed E-state index contributed by atoms with van der Waals surface area (Å²) >= 11 is 1.45. The largest absolute Gasteiger partial charge is 0.375 e. The Balaban J connectivity index is 1.57. The number of nitrogens with zero attached hydrogens (tertiary/aromatic N) is 2. The van der Waals surface area contributed by atoms with Gasteiger partial charge in [-0.05, 0) is 42.7 Å². The molecular formula is C22H22N4O2S. The zero-order chi connectivity index (χ0) is 20.4. The van der Waals surface area contributed by atoms with E-state index < -0.39 is 5.91 Å². The topological polar surface area (TPSA) is 102 Å². The fourth-order valence-electron chi connectivity index (χ4n) is 4.01. The van der Waals surface area contributed by atoms with Crippen molar-refractivity contribution in [2.24, 2.45) is 5.73 Å². The number of amides is 2. The Morgan fingerprint density at radius 2 is 1.59 bits per heavy atom. The van der Waals surface area contributed by atoms with E-state index in [2.05, 4.69) is 17.1 Å². The van der Waals surface area contributed by atoms with E-state index in [-0.39, 0.29) is 11.3 Å². The fourth-order valence-corrected chi connectivity index (χ4v) is 4.67. The first kappa shape index (κ1) is 19.1. The highest BCUT2D eigenvalue weighted by Crippen LogP contribution is 2.42. The summed E-state index contributed by atoms with van der Waals surface area (Å²) in [5.41, 5.74) is 14.1. The second kappa shape index (κ2) is 7.67. The molecule has 1 saturated heterocycles. The summed E-state index contributed by atoms with van der Waals surface area (Å²) in [4.78, 5) is 30.6.